The Bertz CT molecular complexity index is 565. The number of hydrogen-bond acceptors (Lipinski definition) is 1. The molecule has 0 N–H and O–H groups in total. The number of fused-ring (bicyclic) bond motifs is 1. The van der Waals surface area contributed by atoms with Crippen molar-refractivity contribution < 1.29 is 4.74 Å². The van der Waals surface area contributed by atoms with Gasteiger partial charge >= 0.3 is 0 Å². The lowest BCUT2D eigenvalue weighted by molar-refractivity contribution is 0.135. The highest BCUT2D eigenvalue weighted by atomic mass is 16.5. The molecular formula is C18H22O. The molecule has 0 heterocycles. The summed E-state index contributed by atoms with van der Waals surface area (Å²) in [4.78, 5) is 0. The molecule has 1 saturated carbocycles. The molecule has 19 heavy (non-hydrogen) atoms. The first-order valence-corrected chi connectivity index (χ1v) is 7.38. The van der Waals surface area contributed by atoms with Crippen LogP contribution in [0.25, 0.3) is 10.8 Å². The second-order valence-electron chi connectivity index (χ2n) is 5.96. The lowest BCUT2D eigenvalue weighted by Crippen LogP contribution is -2.22. The minimum absolute atomic E-state index is 0.415. The summed E-state index contributed by atoms with van der Waals surface area (Å²) in [5.41, 5.74) is 1.32. The first-order valence-electron chi connectivity index (χ1n) is 7.38. The fourth-order valence-corrected chi connectivity index (χ4v) is 3.02. The molecule has 0 aromatic heterocycles. The van der Waals surface area contributed by atoms with Crippen LogP contribution in [-0.2, 0) is 0 Å². The normalized spacial score (nSPS) is 23.5. The molecule has 1 aliphatic rings. The Balaban J connectivity index is 1.80. The van der Waals surface area contributed by atoms with Crippen LogP contribution in [0.3, 0.4) is 0 Å². The maximum atomic E-state index is 6.17. The van der Waals surface area contributed by atoms with Crippen LogP contribution in [0, 0.1) is 12.8 Å². The highest BCUT2D eigenvalue weighted by molar-refractivity contribution is 5.86. The van der Waals surface area contributed by atoms with Crippen LogP contribution in [0.5, 0.6) is 5.75 Å². The van der Waals surface area contributed by atoms with Crippen LogP contribution in [0.15, 0.2) is 36.4 Å². The zero-order valence-electron chi connectivity index (χ0n) is 11.9. The van der Waals surface area contributed by atoms with Gasteiger partial charge in [0, 0.05) is 0 Å². The Kier molecular flexibility index (Phi) is 3.46. The van der Waals surface area contributed by atoms with E-state index in [-0.39, 0.29) is 0 Å². The summed E-state index contributed by atoms with van der Waals surface area (Å²) in [5, 5.41) is 2.61. The summed E-state index contributed by atoms with van der Waals surface area (Å²) < 4.78 is 6.17. The molecule has 100 valence electrons. The van der Waals surface area contributed by atoms with Gasteiger partial charge in [0.1, 0.15) is 5.75 Å². The van der Waals surface area contributed by atoms with E-state index in [2.05, 4.69) is 50.2 Å². The summed E-state index contributed by atoms with van der Waals surface area (Å²) in [6, 6.07) is 12.9. The van der Waals surface area contributed by atoms with E-state index in [9.17, 15) is 0 Å². The average molecular weight is 254 g/mol. The minimum Gasteiger partial charge on any atom is -0.490 e. The van der Waals surface area contributed by atoms with Crippen molar-refractivity contribution in [3.05, 3.63) is 42.0 Å². The van der Waals surface area contributed by atoms with Gasteiger partial charge in [0.25, 0.3) is 0 Å². The number of benzene rings is 2. The monoisotopic (exact) mass is 254 g/mol. The zero-order chi connectivity index (χ0) is 13.2. The van der Waals surface area contributed by atoms with Gasteiger partial charge in [0.05, 0.1) is 6.10 Å². The van der Waals surface area contributed by atoms with Gasteiger partial charge in [-0.05, 0) is 67.0 Å². The number of ether oxygens (including phenoxy) is 1. The summed E-state index contributed by atoms with van der Waals surface area (Å²) in [6.07, 6.45) is 5.42. The second kappa shape index (κ2) is 5.24. The number of rotatable bonds is 2. The van der Waals surface area contributed by atoms with Crippen LogP contribution in [0.1, 0.15) is 38.2 Å². The number of aryl methyl sites for hydroxylation is 1. The smallest absolute Gasteiger partial charge is 0.120 e. The molecule has 0 amide bonds. The van der Waals surface area contributed by atoms with E-state index in [1.807, 2.05) is 0 Å². The SMILES string of the molecule is Cc1cccc2ccc(OC3CCC(C)CC3)cc12. The minimum atomic E-state index is 0.415. The molecule has 2 aromatic rings. The van der Waals surface area contributed by atoms with Crippen molar-refractivity contribution in [1.29, 1.82) is 0 Å². The third-order valence-corrected chi connectivity index (χ3v) is 4.34. The van der Waals surface area contributed by atoms with Crippen molar-refractivity contribution in [3.63, 3.8) is 0 Å². The average Bonchev–Trinajstić information content (AvgIpc) is 2.42. The zero-order valence-corrected chi connectivity index (χ0v) is 11.9. The van der Waals surface area contributed by atoms with E-state index in [4.69, 9.17) is 4.74 Å². The Labute approximate surface area is 115 Å². The Hall–Kier alpha value is -1.50. The van der Waals surface area contributed by atoms with Crippen molar-refractivity contribution in [3.8, 4) is 5.75 Å². The molecule has 1 fully saturated rings. The molecule has 3 rings (SSSR count). The van der Waals surface area contributed by atoms with Crippen LogP contribution in [0.2, 0.25) is 0 Å². The molecular weight excluding hydrogens is 232 g/mol. The van der Waals surface area contributed by atoms with Gasteiger partial charge in [0.2, 0.25) is 0 Å². The third-order valence-electron chi connectivity index (χ3n) is 4.34. The van der Waals surface area contributed by atoms with Crippen LogP contribution in [-0.4, -0.2) is 6.10 Å². The quantitative estimate of drug-likeness (QED) is 0.724. The van der Waals surface area contributed by atoms with E-state index in [1.54, 1.807) is 0 Å². The lowest BCUT2D eigenvalue weighted by atomic mass is 9.89. The molecule has 0 bridgehead atoms. The molecule has 0 aliphatic heterocycles. The van der Waals surface area contributed by atoms with Crippen molar-refractivity contribution in [2.45, 2.75) is 45.6 Å². The van der Waals surface area contributed by atoms with E-state index in [1.165, 1.54) is 42.0 Å². The van der Waals surface area contributed by atoms with Crippen LogP contribution < -0.4 is 4.74 Å². The molecule has 1 aliphatic carbocycles. The fraction of sp³-hybridized carbons (Fsp3) is 0.444. The molecule has 0 saturated heterocycles. The molecule has 1 nitrogen and oxygen atoms in total. The third kappa shape index (κ3) is 2.75. The first-order chi connectivity index (χ1) is 9.22. The molecule has 0 radical (unpaired) electrons. The van der Waals surface area contributed by atoms with E-state index < -0.39 is 0 Å². The summed E-state index contributed by atoms with van der Waals surface area (Å²) in [6.45, 7) is 4.50. The van der Waals surface area contributed by atoms with E-state index in [0.717, 1.165) is 11.7 Å². The van der Waals surface area contributed by atoms with Crippen molar-refractivity contribution >= 4 is 10.8 Å². The van der Waals surface area contributed by atoms with Crippen molar-refractivity contribution in [2.75, 3.05) is 0 Å². The Morgan fingerprint density at radius 1 is 1.00 bits per heavy atom. The topological polar surface area (TPSA) is 9.23 Å². The van der Waals surface area contributed by atoms with Crippen molar-refractivity contribution in [2.24, 2.45) is 5.92 Å². The van der Waals surface area contributed by atoms with Gasteiger partial charge in [-0.1, -0.05) is 31.2 Å². The highest BCUT2D eigenvalue weighted by Crippen LogP contribution is 2.29. The van der Waals surface area contributed by atoms with E-state index in [0.29, 0.717) is 6.10 Å². The summed E-state index contributed by atoms with van der Waals surface area (Å²) in [7, 11) is 0. The summed E-state index contributed by atoms with van der Waals surface area (Å²) in [5.74, 6) is 1.90. The largest absolute Gasteiger partial charge is 0.490 e. The second-order valence-corrected chi connectivity index (χ2v) is 5.96. The Morgan fingerprint density at radius 3 is 2.58 bits per heavy atom. The molecule has 0 spiro atoms. The van der Waals surface area contributed by atoms with Gasteiger partial charge in [0.15, 0.2) is 0 Å². The van der Waals surface area contributed by atoms with E-state index >= 15 is 0 Å². The number of hydrogen-bond donors (Lipinski definition) is 0. The highest BCUT2D eigenvalue weighted by Gasteiger charge is 2.19. The van der Waals surface area contributed by atoms with Gasteiger partial charge in [-0.2, -0.15) is 0 Å². The van der Waals surface area contributed by atoms with Gasteiger partial charge in [-0.25, -0.2) is 0 Å². The maximum absolute atomic E-state index is 6.17. The van der Waals surface area contributed by atoms with Crippen LogP contribution >= 0.6 is 0 Å². The predicted molar refractivity (Wildman–Crippen MR) is 80.7 cm³/mol. The Morgan fingerprint density at radius 2 is 1.79 bits per heavy atom. The van der Waals surface area contributed by atoms with Gasteiger partial charge in [-0.15, -0.1) is 0 Å². The molecule has 0 unspecified atom stereocenters. The predicted octanol–water partition coefficient (Wildman–Crippen LogP) is 5.11. The molecule has 0 atom stereocenters. The first kappa shape index (κ1) is 12.5. The van der Waals surface area contributed by atoms with Crippen LogP contribution in [0.4, 0.5) is 0 Å². The molecule has 1 heteroatoms. The van der Waals surface area contributed by atoms with Gasteiger partial charge < -0.3 is 4.74 Å². The van der Waals surface area contributed by atoms with Gasteiger partial charge in [-0.3, -0.25) is 0 Å². The fourth-order valence-electron chi connectivity index (χ4n) is 3.02. The molecule has 2 aromatic carbocycles. The lowest BCUT2D eigenvalue weighted by Gasteiger charge is -2.27. The standard InChI is InChI=1S/C18H22O/c1-13-6-9-16(10-7-13)19-17-11-8-15-5-3-4-14(2)18(15)12-17/h3-5,8,11-13,16H,6-7,9-10H2,1-2H3. The van der Waals surface area contributed by atoms with Crippen molar-refractivity contribution in [1.82, 2.24) is 0 Å². The maximum Gasteiger partial charge on any atom is 0.120 e. The summed E-state index contributed by atoms with van der Waals surface area (Å²) >= 11 is 0.